The van der Waals surface area contributed by atoms with Crippen molar-refractivity contribution in [2.24, 2.45) is 4.99 Å². The molecule has 1 fully saturated rings. The van der Waals surface area contributed by atoms with Crippen LogP contribution in [0.5, 0.6) is 0 Å². The van der Waals surface area contributed by atoms with Crippen LogP contribution < -0.4 is 15.5 Å². The van der Waals surface area contributed by atoms with E-state index in [2.05, 4.69) is 99.2 Å². The highest BCUT2D eigenvalue weighted by Gasteiger charge is 2.18. The zero-order valence-electron chi connectivity index (χ0n) is 19.4. The summed E-state index contributed by atoms with van der Waals surface area (Å²) in [5.41, 5.74) is 3.74. The Labute approximate surface area is 196 Å². The lowest BCUT2D eigenvalue weighted by Gasteiger charge is -2.32. The van der Waals surface area contributed by atoms with E-state index < -0.39 is 0 Å². The number of nitrogens with one attached hydrogen (secondary N) is 2. The maximum atomic E-state index is 5.66. The maximum absolute atomic E-state index is 5.66. The van der Waals surface area contributed by atoms with Gasteiger partial charge in [-0.25, -0.2) is 4.98 Å². The summed E-state index contributed by atoms with van der Waals surface area (Å²) in [6.07, 6.45) is 2.11. The molecule has 6 heteroatoms. The molecule has 3 aromatic rings. The lowest BCUT2D eigenvalue weighted by atomic mass is 9.91. The van der Waals surface area contributed by atoms with Crippen LogP contribution in [-0.4, -0.2) is 50.3 Å². The van der Waals surface area contributed by atoms with E-state index >= 15 is 0 Å². The van der Waals surface area contributed by atoms with Crippen LogP contribution in [0.2, 0.25) is 0 Å². The van der Waals surface area contributed by atoms with Crippen LogP contribution in [0.15, 0.2) is 84.0 Å². The lowest BCUT2D eigenvalue weighted by Crippen LogP contribution is -2.41. The zero-order valence-corrected chi connectivity index (χ0v) is 19.4. The van der Waals surface area contributed by atoms with Gasteiger partial charge in [-0.1, -0.05) is 60.7 Å². The third kappa shape index (κ3) is 6.33. The highest BCUT2D eigenvalue weighted by atomic mass is 16.5. The molecule has 1 aliphatic heterocycles. The summed E-state index contributed by atoms with van der Waals surface area (Å²) < 4.78 is 5.66. The number of benzene rings is 2. The van der Waals surface area contributed by atoms with Crippen LogP contribution in [0.1, 0.15) is 29.5 Å². The Morgan fingerprint density at radius 2 is 1.76 bits per heavy atom. The molecule has 4 rings (SSSR count). The van der Waals surface area contributed by atoms with E-state index in [1.807, 2.05) is 19.3 Å². The van der Waals surface area contributed by atoms with Gasteiger partial charge in [-0.15, -0.1) is 0 Å². The van der Waals surface area contributed by atoms with Gasteiger partial charge in [0.25, 0.3) is 0 Å². The highest BCUT2D eigenvalue weighted by molar-refractivity contribution is 5.79. The van der Waals surface area contributed by atoms with Crippen LogP contribution >= 0.6 is 0 Å². The van der Waals surface area contributed by atoms with Crippen molar-refractivity contribution >= 4 is 11.8 Å². The number of guanidine groups is 1. The molecule has 2 heterocycles. The quantitative estimate of drug-likeness (QED) is 0.430. The number of hydrogen-bond donors (Lipinski definition) is 2. The predicted molar refractivity (Wildman–Crippen MR) is 135 cm³/mol. The molecule has 2 N–H and O–H groups in total. The molecule has 33 heavy (non-hydrogen) atoms. The van der Waals surface area contributed by atoms with E-state index in [9.17, 15) is 0 Å². The summed E-state index contributed by atoms with van der Waals surface area (Å²) in [7, 11) is 1.81. The first-order chi connectivity index (χ1) is 16.2. The van der Waals surface area contributed by atoms with Gasteiger partial charge in [0.2, 0.25) is 0 Å². The fourth-order valence-corrected chi connectivity index (χ4v) is 4.17. The minimum absolute atomic E-state index is 0.229. The van der Waals surface area contributed by atoms with Crippen LogP contribution in [0.4, 0.5) is 5.82 Å². The van der Waals surface area contributed by atoms with E-state index in [0.717, 1.165) is 38.0 Å². The Morgan fingerprint density at radius 3 is 2.39 bits per heavy atom. The number of rotatable bonds is 7. The molecule has 0 radical (unpaired) electrons. The van der Waals surface area contributed by atoms with E-state index in [1.54, 1.807) is 0 Å². The second-order valence-electron chi connectivity index (χ2n) is 8.33. The number of pyridine rings is 1. The predicted octanol–water partition coefficient (Wildman–Crippen LogP) is 3.80. The van der Waals surface area contributed by atoms with E-state index in [1.165, 1.54) is 16.7 Å². The minimum atomic E-state index is 0.229. The molecular weight excluding hydrogens is 410 g/mol. The SMILES string of the molecule is CN=C(NCc1ccnc(N2CCOC(C)C2)c1)NCC(c1ccccc1)c1ccccc1. The number of anilines is 1. The number of aliphatic imine (C=N–C) groups is 1. The molecule has 0 saturated carbocycles. The summed E-state index contributed by atoms with van der Waals surface area (Å²) in [4.78, 5) is 11.3. The summed E-state index contributed by atoms with van der Waals surface area (Å²) in [5.74, 6) is 2.02. The van der Waals surface area contributed by atoms with Crippen molar-refractivity contribution in [3.8, 4) is 0 Å². The zero-order chi connectivity index (χ0) is 22.9. The molecule has 1 saturated heterocycles. The second kappa shape index (κ2) is 11.5. The third-order valence-corrected chi connectivity index (χ3v) is 5.94. The van der Waals surface area contributed by atoms with Gasteiger partial charge in [-0.05, 0) is 35.7 Å². The molecule has 2 aromatic carbocycles. The maximum Gasteiger partial charge on any atom is 0.191 e. The van der Waals surface area contributed by atoms with Crippen molar-refractivity contribution in [2.45, 2.75) is 25.5 Å². The van der Waals surface area contributed by atoms with E-state index in [0.29, 0.717) is 6.54 Å². The van der Waals surface area contributed by atoms with Gasteiger partial charge in [0.05, 0.1) is 12.7 Å². The average molecular weight is 444 g/mol. The summed E-state index contributed by atoms with van der Waals surface area (Å²) in [6.45, 7) is 6.01. The number of hydrogen-bond acceptors (Lipinski definition) is 4. The summed E-state index contributed by atoms with van der Waals surface area (Å²) >= 11 is 0. The minimum Gasteiger partial charge on any atom is -0.375 e. The van der Waals surface area contributed by atoms with Crippen molar-refractivity contribution in [3.05, 3.63) is 95.7 Å². The van der Waals surface area contributed by atoms with Gasteiger partial charge in [0.15, 0.2) is 5.96 Å². The normalized spacial score (nSPS) is 16.6. The average Bonchev–Trinajstić information content (AvgIpc) is 2.87. The Bertz CT molecular complexity index is 985. The Hall–Kier alpha value is -3.38. The van der Waals surface area contributed by atoms with Gasteiger partial charge >= 0.3 is 0 Å². The first-order valence-corrected chi connectivity index (χ1v) is 11.6. The van der Waals surface area contributed by atoms with Crippen molar-refractivity contribution < 1.29 is 4.74 Å². The fraction of sp³-hybridized carbons (Fsp3) is 0.333. The number of nitrogens with zero attached hydrogens (tertiary/aromatic N) is 3. The van der Waals surface area contributed by atoms with E-state index in [-0.39, 0.29) is 12.0 Å². The Kier molecular flexibility index (Phi) is 7.93. The smallest absolute Gasteiger partial charge is 0.191 e. The molecule has 0 amide bonds. The van der Waals surface area contributed by atoms with Gasteiger partial charge < -0.3 is 20.3 Å². The number of ether oxygens (including phenoxy) is 1. The van der Waals surface area contributed by atoms with Gasteiger partial charge in [-0.2, -0.15) is 0 Å². The van der Waals surface area contributed by atoms with Gasteiger partial charge in [0.1, 0.15) is 5.82 Å². The molecule has 1 aliphatic rings. The first-order valence-electron chi connectivity index (χ1n) is 11.6. The number of aromatic nitrogens is 1. The number of morpholine rings is 1. The van der Waals surface area contributed by atoms with Crippen LogP contribution in [-0.2, 0) is 11.3 Å². The molecular formula is C27H33N5O. The summed E-state index contributed by atoms with van der Waals surface area (Å²) in [6, 6.07) is 25.4. The molecule has 1 aromatic heterocycles. The topological polar surface area (TPSA) is 61.8 Å². The van der Waals surface area contributed by atoms with Gasteiger partial charge in [0, 0.05) is 45.3 Å². The highest BCUT2D eigenvalue weighted by Crippen LogP contribution is 2.23. The lowest BCUT2D eigenvalue weighted by molar-refractivity contribution is 0.0529. The molecule has 172 valence electrons. The Morgan fingerprint density at radius 1 is 1.06 bits per heavy atom. The standard InChI is InChI=1S/C27H33N5O/c1-21-20-32(15-16-33-21)26-17-22(13-14-29-26)18-30-27(28-2)31-19-25(23-9-5-3-6-10-23)24-11-7-4-8-12-24/h3-14,17,21,25H,15-16,18-20H2,1-2H3,(H2,28,30,31). The first kappa shape index (κ1) is 22.8. The van der Waals surface area contributed by atoms with Crippen LogP contribution in [0.25, 0.3) is 0 Å². The largest absolute Gasteiger partial charge is 0.375 e. The van der Waals surface area contributed by atoms with Crippen LogP contribution in [0.3, 0.4) is 0 Å². The third-order valence-electron chi connectivity index (χ3n) is 5.94. The monoisotopic (exact) mass is 443 g/mol. The molecule has 0 spiro atoms. The van der Waals surface area contributed by atoms with Crippen LogP contribution in [0, 0.1) is 0 Å². The Balaban J connectivity index is 1.38. The van der Waals surface area contributed by atoms with Crippen molar-refractivity contribution in [2.75, 3.05) is 38.2 Å². The molecule has 6 nitrogen and oxygen atoms in total. The molecule has 1 unspecified atom stereocenters. The second-order valence-corrected chi connectivity index (χ2v) is 8.33. The molecule has 1 atom stereocenters. The molecule has 0 aliphatic carbocycles. The van der Waals surface area contributed by atoms with Crippen molar-refractivity contribution in [1.29, 1.82) is 0 Å². The summed E-state index contributed by atoms with van der Waals surface area (Å²) in [5, 5.41) is 6.97. The van der Waals surface area contributed by atoms with Crippen molar-refractivity contribution in [1.82, 2.24) is 15.6 Å². The molecule has 0 bridgehead atoms. The van der Waals surface area contributed by atoms with Crippen molar-refractivity contribution in [3.63, 3.8) is 0 Å². The van der Waals surface area contributed by atoms with E-state index in [4.69, 9.17) is 4.74 Å². The van der Waals surface area contributed by atoms with Gasteiger partial charge in [-0.3, -0.25) is 4.99 Å². The fourth-order valence-electron chi connectivity index (χ4n) is 4.17.